The molecule has 0 aromatic heterocycles. The quantitative estimate of drug-likeness (QED) is 0.162. The number of carbonyl (C=O) groups excluding carboxylic acids is 4. The van der Waals surface area contributed by atoms with Crippen LogP contribution in [-0.2, 0) is 19.1 Å². The summed E-state index contributed by atoms with van der Waals surface area (Å²) in [6, 6.07) is 9.43. The van der Waals surface area contributed by atoms with Gasteiger partial charge in [-0.1, -0.05) is 61.4 Å². The average molecular weight is 673 g/mol. The third kappa shape index (κ3) is 13.4. The van der Waals surface area contributed by atoms with Crippen LogP contribution in [0.5, 0.6) is 0 Å². The highest BCUT2D eigenvalue weighted by Crippen LogP contribution is 2.41. The lowest BCUT2D eigenvalue weighted by atomic mass is 10.0. The highest BCUT2D eigenvalue weighted by Gasteiger charge is 2.30. The Morgan fingerprint density at radius 3 is 1.24 bits per heavy atom. The fourth-order valence-electron chi connectivity index (χ4n) is 4.45. The Balaban J connectivity index is 2.34. The minimum Gasteiger partial charge on any atom is -0.458 e. The summed E-state index contributed by atoms with van der Waals surface area (Å²) in [6.45, 7) is 22.6. The van der Waals surface area contributed by atoms with Crippen LogP contribution >= 0.6 is 21.6 Å². The van der Waals surface area contributed by atoms with Crippen molar-refractivity contribution in [3.63, 3.8) is 0 Å². The zero-order valence-electron chi connectivity index (χ0n) is 29.5. The highest BCUT2D eigenvalue weighted by atomic mass is 33.1. The van der Waals surface area contributed by atoms with Crippen molar-refractivity contribution < 1.29 is 28.7 Å². The summed E-state index contributed by atoms with van der Waals surface area (Å²) in [5.74, 6) is -1.39. The van der Waals surface area contributed by atoms with Crippen molar-refractivity contribution in [2.75, 3.05) is 0 Å². The van der Waals surface area contributed by atoms with E-state index >= 15 is 0 Å². The van der Waals surface area contributed by atoms with Gasteiger partial charge in [0.1, 0.15) is 23.3 Å². The van der Waals surface area contributed by atoms with Gasteiger partial charge in [-0.2, -0.15) is 0 Å². The Kier molecular flexibility index (Phi) is 14.3. The van der Waals surface area contributed by atoms with Crippen molar-refractivity contribution in [1.82, 2.24) is 10.6 Å². The molecule has 0 fully saturated rings. The maximum atomic E-state index is 13.6. The Hall–Kier alpha value is -2.98. The van der Waals surface area contributed by atoms with Gasteiger partial charge in [0, 0.05) is 9.79 Å². The van der Waals surface area contributed by atoms with E-state index in [1.807, 2.05) is 65.8 Å². The SMILES string of the molecule is Cc1ccc(C(=O)NC(CC(C)C)C(=O)OC(C)(C)C)c(SSc2cc(C)ccc2C(=O)NC(CC(C)C)C(=O)OC(C)(C)C)c1. The van der Waals surface area contributed by atoms with Gasteiger partial charge in [0.25, 0.3) is 11.8 Å². The molecule has 0 bridgehead atoms. The van der Waals surface area contributed by atoms with Crippen molar-refractivity contribution in [3.05, 3.63) is 58.7 Å². The second-order valence-electron chi connectivity index (χ2n) is 14.5. The van der Waals surface area contributed by atoms with Crippen molar-refractivity contribution >= 4 is 45.3 Å². The van der Waals surface area contributed by atoms with E-state index in [0.717, 1.165) is 11.1 Å². The molecule has 0 aliphatic carbocycles. The molecular weight excluding hydrogens is 621 g/mol. The topological polar surface area (TPSA) is 111 Å². The lowest BCUT2D eigenvalue weighted by Crippen LogP contribution is -2.45. The smallest absolute Gasteiger partial charge is 0.329 e. The number of benzene rings is 2. The minimum atomic E-state index is -0.797. The highest BCUT2D eigenvalue weighted by molar-refractivity contribution is 8.76. The van der Waals surface area contributed by atoms with Gasteiger partial charge >= 0.3 is 11.9 Å². The van der Waals surface area contributed by atoms with Crippen molar-refractivity contribution in [1.29, 1.82) is 0 Å². The van der Waals surface area contributed by atoms with E-state index in [4.69, 9.17) is 9.47 Å². The minimum absolute atomic E-state index is 0.154. The van der Waals surface area contributed by atoms with E-state index in [-0.39, 0.29) is 23.7 Å². The van der Waals surface area contributed by atoms with Crippen LogP contribution in [0.2, 0.25) is 0 Å². The Morgan fingerprint density at radius 1 is 0.630 bits per heavy atom. The number of carbonyl (C=O) groups is 4. The van der Waals surface area contributed by atoms with Gasteiger partial charge in [0.05, 0.1) is 11.1 Å². The molecule has 0 spiro atoms. The van der Waals surface area contributed by atoms with E-state index in [9.17, 15) is 19.2 Å². The van der Waals surface area contributed by atoms with Crippen LogP contribution < -0.4 is 10.6 Å². The molecule has 2 unspecified atom stereocenters. The zero-order chi connectivity index (χ0) is 35.0. The molecule has 0 aliphatic rings. The van der Waals surface area contributed by atoms with Crippen LogP contribution in [0.15, 0.2) is 46.2 Å². The predicted molar refractivity (Wildman–Crippen MR) is 187 cm³/mol. The van der Waals surface area contributed by atoms with Crippen LogP contribution in [0.1, 0.15) is 114 Å². The third-order valence-electron chi connectivity index (χ3n) is 6.39. The number of rotatable bonds is 13. The van der Waals surface area contributed by atoms with Crippen molar-refractivity contribution in [2.45, 2.75) is 129 Å². The summed E-state index contributed by atoms with van der Waals surface area (Å²) in [7, 11) is 2.71. The first-order valence-corrected chi connectivity index (χ1v) is 17.9. The molecule has 2 aromatic rings. The summed E-state index contributed by atoms with van der Waals surface area (Å²) in [5.41, 5.74) is 1.39. The van der Waals surface area contributed by atoms with Gasteiger partial charge < -0.3 is 20.1 Å². The lowest BCUT2D eigenvalue weighted by molar-refractivity contribution is -0.158. The Morgan fingerprint density at radius 2 is 0.957 bits per heavy atom. The maximum Gasteiger partial charge on any atom is 0.329 e. The lowest BCUT2D eigenvalue weighted by Gasteiger charge is -2.26. The first-order chi connectivity index (χ1) is 21.1. The van der Waals surface area contributed by atoms with Gasteiger partial charge in [0.15, 0.2) is 0 Å². The standard InChI is InChI=1S/C36H52N2O6S2/c1-21(2)17-27(33(41)43-35(7,8)9)37-31(39)25-15-13-23(5)19-29(25)45-46-30-20-24(6)14-16-26(30)32(40)38-28(18-22(3)4)34(42)44-36(10,11)12/h13-16,19-22,27-28H,17-18H2,1-12H3,(H,37,39)(H,38,40). The molecule has 0 radical (unpaired) electrons. The largest absolute Gasteiger partial charge is 0.458 e. The zero-order valence-corrected chi connectivity index (χ0v) is 31.1. The molecule has 8 nitrogen and oxygen atoms in total. The number of nitrogens with one attached hydrogen (secondary N) is 2. The summed E-state index contributed by atoms with van der Waals surface area (Å²) < 4.78 is 11.2. The third-order valence-corrected chi connectivity index (χ3v) is 8.84. The molecule has 0 saturated carbocycles. The molecule has 2 N–H and O–H groups in total. The second kappa shape index (κ2) is 16.7. The van der Waals surface area contributed by atoms with Crippen LogP contribution in [-0.4, -0.2) is 47.0 Å². The van der Waals surface area contributed by atoms with Crippen LogP contribution in [0.3, 0.4) is 0 Å². The number of esters is 2. The Bertz CT molecular complexity index is 1290. The van der Waals surface area contributed by atoms with E-state index < -0.39 is 35.2 Å². The maximum absolute atomic E-state index is 13.6. The van der Waals surface area contributed by atoms with Gasteiger partial charge in [-0.25, -0.2) is 9.59 Å². The van der Waals surface area contributed by atoms with Gasteiger partial charge in [-0.05, 0) is 115 Å². The molecular formula is C36H52N2O6S2. The summed E-state index contributed by atoms with van der Waals surface area (Å²) in [6.07, 6.45) is 0.874. The molecule has 0 heterocycles. The molecule has 10 heteroatoms. The number of aryl methyl sites for hydroxylation is 2. The van der Waals surface area contributed by atoms with Crippen molar-refractivity contribution in [3.8, 4) is 0 Å². The molecule has 0 saturated heterocycles. The van der Waals surface area contributed by atoms with E-state index in [1.165, 1.54) is 21.6 Å². The van der Waals surface area contributed by atoms with E-state index in [0.29, 0.717) is 33.8 Å². The first kappa shape index (κ1) is 39.2. The molecule has 46 heavy (non-hydrogen) atoms. The monoisotopic (exact) mass is 672 g/mol. The Labute approximate surface area is 283 Å². The summed E-state index contributed by atoms with van der Waals surface area (Å²) in [4.78, 5) is 54.5. The van der Waals surface area contributed by atoms with Crippen LogP contribution in [0.4, 0.5) is 0 Å². The first-order valence-electron chi connectivity index (χ1n) is 15.8. The van der Waals surface area contributed by atoms with Crippen LogP contribution in [0.25, 0.3) is 0 Å². The van der Waals surface area contributed by atoms with Gasteiger partial charge in [0.2, 0.25) is 0 Å². The van der Waals surface area contributed by atoms with Gasteiger partial charge in [-0.3, -0.25) is 9.59 Å². The summed E-state index contributed by atoms with van der Waals surface area (Å²) >= 11 is 0. The molecule has 2 rings (SSSR count). The second-order valence-corrected chi connectivity index (χ2v) is 16.8. The van der Waals surface area contributed by atoms with E-state index in [1.54, 1.807) is 53.7 Å². The molecule has 0 aliphatic heterocycles. The molecule has 2 amide bonds. The number of hydrogen-bond acceptors (Lipinski definition) is 8. The molecule has 254 valence electrons. The number of ether oxygens (including phenoxy) is 2. The average Bonchev–Trinajstić information content (AvgIpc) is 2.88. The predicted octanol–water partition coefficient (Wildman–Crippen LogP) is 8.08. The fourth-order valence-corrected chi connectivity index (χ4v) is 6.97. The normalized spacial score (nSPS) is 13.3. The summed E-state index contributed by atoms with van der Waals surface area (Å²) in [5, 5.41) is 5.81. The fraction of sp³-hybridized carbons (Fsp3) is 0.556. The van der Waals surface area contributed by atoms with Gasteiger partial charge in [-0.15, -0.1) is 0 Å². The molecule has 2 atom stereocenters. The van der Waals surface area contributed by atoms with E-state index in [2.05, 4.69) is 10.6 Å². The van der Waals surface area contributed by atoms with Crippen molar-refractivity contribution in [2.24, 2.45) is 11.8 Å². The van der Waals surface area contributed by atoms with Crippen LogP contribution in [0, 0.1) is 25.7 Å². The number of hydrogen-bond donors (Lipinski definition) is 2. The number of amides is 2. The molecule has 2 aromatic carbocycles.